The quantitative estimate of drug-likeness (QED) is 0.859. The Hall–Kier alpha value is -1.55. The predicted octanol–water partition coefficient (Wildman–Crippen LogP) is 3.54. The van der Waals surface area contributed by atoms with E-state index in [1.54, 1.807) is 10.7 Å². The molecule has 5 heteroatoms. The zero-order valence-electron chi connectivity index (χ0n) is 10.5. The molecule has 0 amide bonds. The van der Waals surface area contributed by atoms with Crippen molar-refractivity contribution >= 4 is 17.4 Å². The van der Waals surface area contributed by atoms with Gasteiger partial charge in [0.2, 0.25) is 0 Å². The predicted molar refractivity (Wildman–Crippen MR) is 71.6 cm³/mol. The van der Waals surface area contributed by atoms with Crippen LogP contribution in [0.1, 0.15) is 26.5 Å². The second kappa shape index (κ2) is 4.28. The first-order chi connectivity index (χ1) is 8.29. The lowest BCUT2D eigenvalue weighted by atomic mass is 9.92. The Kier molecular flexibility index (Phi) is 3.07. The zero-order valence-corrected chi connectivity index (χ0v) is 11.3. The summed E-state index contributed by atoms with van der Waals surface area (Å²) >= 11 is 5.76. The van der Waals surface area contributed by atoms with Gasteiger partial charge in [-0.3, -0.25) is 0 Å². The standard InChI is InChI=1S/C13H15ClFN3/c1-13(2,3)11-7-12(16)18(17-11)8-4-5-10(15)9(14)6-8/h4-7H,16H2,1-3H3. The molecule has 0 atom stereocenters. The van der Waals surface area contributed by atoms with Gasteiger partial charge in [0.25, 0.3) is 0 Å². The summed E-state index contributed by atoms with van der Waals surface area (Å²) in [5.74, 6) is 0.0461. The number of hydrogen-bond donors (Lipinski definition) is 1. The van der Waals surface area contributed by atoms with Gasteiger partial charge < -0.3 is 5.73 Å². The highest BCUT2D eigenvalue weighted by atomic mass is 35.5. The van der Waals surface area contributed by atoms with Crippen molar-refractivity contribution < 1.29 is 4.39 Å². The molecule has 3 nitrogen and oxygen atoms in total. The Labute approximate surface area is 110 Å². The van der Waals surface area contributed by atoms with Crippen molar-refractivity contribution in [2.24, 2.45) is 0 Å². The summed E-state index contributed by atoms with van der Waals surface area (Å²) in [6.45, 7) is 6.16. The molecule has 1 aromatic carbocycles. The molecule has 0 aliphatic rings. The molecule has 2 rings (SSSR count). The average Bonchev–Trinajstić information content (AvgIpc) is 2.64. The van der Waals surface area contributed by atoms with Gasteiger partial charge in [0.05, 0.1) is 16.4 Å². The molecular formula is C13H15ClFN3. The van der Waals surface area contributed by atoms with Crippen LogP contribution in [-0.4, -0.2) is 9.78 Å². The maximum absolute atomic E-state index is 13.1. The van der Waals surface area contributed by atoms with Gasteiger partial charge in [0.15, 0.2) is 0 Å². The molecule has 0 fully saturated rings. The van der Waals surface area contributed by atoms with Crippen LogP contribution in [0.4, 0.5) is 10.2 Å². The monoisotopic (exact) mass is 267 g/mol. The maximum Gasteiger partial charge on any atom is 0.141 e. The van der Waals surface area contributed by atoms with E-state index in [0.29, 0.717) is 11.5 Å². The van der Waals surface area contributed by atoms with Crippen LogP contribution in [0.5, 0.6) is 0 Å². The van der Waals surface area contributed by atoms with E-state index in [2.05, 4.69) is 25.9 Å². The molecule has 2 aromatic rings. The number of hydrogen-bond acceptors (Lipinski definition) is 2. The minimum atomic E-state index is -0.456. The molecule has 1 aromatic heterocycles. The van der Waals surface area contributed by atoms with Crippen molar-refractivity contribution in [3.05, 3.63) is 40.8 Å². The van der Waals surface area contributed by atoms with Gasteiger partial charge in [-0.1, -0.05) is 32.4 Å². The lowest BCUT2D eigenvalue weighted by Gasteiger charge is -2.14. The van der Waals surface area contributed by atoms with Crippen molar-refractivity contribution in [3.63, 3.8) is 0 Å². The van der Waals surface area contributed by atoms with Gasteiger partial charge in [-0.25, -0.2) is 9.07 Å². The smallest absolute Gasteiger partial charge is 0.141 e. The number of nitrogens with zero attached hydrogens (tertiary/aromatic N) is 2. The average molecular weight is 268 g/mol. The molecule has 2 N–H and O–H groups in total. The lowest BCUT2D eigenvalue weighted by molar-refractivity contribution is 0.560. The van der Waals surface area contributed by atoms with E-state index in [1.165, 1.54) is 12.1 Å². The van der Waals surface area contributed by atoms with Gasteiger partial charge in [-0.05, 0) is 18.2 Å². The van der Waals surface area contributed by atoms with Gasteiger partial charge in [-0.2, -0.15) is 5.10 Å². The highest BCUT2D eigenvalue weighted by molar-refractivity contribution is 6.30. The lowest BCUT2D eigenvalue weighted by Crippen LogP contribution is -2.12. The van der Waals surface area contributed by atoms with Crippen LogP contribution in [0, 0.1) is 5.82 Å². The Morgan fingerprint density at radius 3 is 2.44 bits per heavy atom. The van der Waals surface area contributed by atoms with Crippen molar-refractivity contribution in [2.75, 3.05) is 5.73 Å². The molecule has 0 aliphatic heterocycles. The number of benzene rings is 1. The molecule has 0 spiro atoms. The fraction of sp³-hybridized carbons (Fsp3) is 0.308. The number of nitrogen functional groups attached to an aromatic ring is 1. The first kappa shape index (κ1) is 12.9. The van der Waals surface area contributed by atoms with Crippen LogP contribution >= 0.6 is 11.6 Å². The minimum Gasteiger partial charge on any atom is -0.384 e. The van der Waals surface area contributed by atoms with E-state index in [4.69, 9.17) is 17.3 Å². The topological polar surface area (TPSA) is 43.8 Å². The maximum atomic E-state index is 13.1. The fourth-order valence-electron chi connectivity index (χ4n) is 1.59. The zero-order chi connectivity index (χ0) is 13.5. The minimum absolute atomic E-state index is 0.0553. The fourth-order valence-corrected chi connectivity index (χ4v) is 1.76. The van der Waals surface area contributed by atoms with E-state index < -0.39 is 5.82 Å². The van der Waals surface area contributed by atoms with Gasteiger partial charge in [0, 0.05) is 11.5 Å². The molecule has 96 valence electrons. The summed E-state index contributed by atoms with van der Waals surface area (Å²) in [5.41, 5.74) is 7.35. The molecule has 18 heavy (non-hydrogen) atoms. The highest BCUT2D eigenvalue weighted by Gasteiger charge is 2.19. The SMILES string of the molecule is CC(C)(C)c1cc(N)n(-c2ccc(F)c(Cl)c2)n1. The van der Waals surface area contributed by atoms with E-state index in [9.17, 15) is 4.39 Å². The van der Waals surface area contributed by atoms with E-state index in [-0.39, 0.29) is 10.4 Å². The Morgan fingerprint density at radius 2 is 1.94 bits per heavy atom. The van der Waals surface area contributed by atoms with Gasteiger partial charge in [-0.15, -0.1) is 0 Å². The van der Waals surface area contributed by atoms with E-state index in [0.717, 1.165) is 5.69 Å². The van der Waals surface area contributed by atoms with Crippen LogP contribution in [0.2, 0.25) is 5.02 Å². The number of anilines is 1. The second-order valence-corrected chi connectivity index (χ2v) is 5.62. The Bertz CT molecular complexity index is 584. The summed E-state index contributed by atoms with van der Waals surface area (Å²) in [4.78, 5) is 0. The first-order valence-corrected chi connectivity index (χ1v) is 5.98. The third-order valence-corrected chi connectivity index (χ3v) is 2.94. The Morgan fingerprint density at radius 1 is 1.28 bits per heavy atom. The summed E-state index contributed by atoms with van der Waals surface area (Å²) in [7, 11) is 0. The van der Waals surface area contributed by atoms with Crippen LogP contribution in [0.25, 0.3) is 5.69 Å². The van der Waals surface area contributed by atoms with Crippen molar-refractivity contribution in [1.29, 1.82) is 0 Å². The molecule has 0 unspecified atom stereocenters. The molecular weight excluding hydrogens is 253 g/mol. The van der Waals surface area contributed by atoms with Crippen molar-refractivity contribution in [3.8, 4) is 5.69 Å². The van der Waals surface area contributed by atoms with E-state index in [1.807, 2.05) is 6.07 Å². The number of nitrogens with two attached hydrogens (primary N) is 1. The Balaban J connectivity index is 2.51. The number of halogens is 2. The van der Waals surface area contributed by atoms with E-state index >= 15 is 0 Å². The van der Waals surface area contributed by atoms with Crippen LogP contribution < -0.4 is 5.73 Å². The highest BCUT2D eigenvalue weighted by Crippen LogP contribution is 2.26. The molecule has 0 saturated heterocycles. The summed E-state index contributed by atoms with van der Waals surface area (Å²) in [6, 6.07) is 6.22. The number of rotatable bonds is 1. The summed E-state index contributed by atoms with van der Waals surface area (Å²) in [5, 5.41) is 4.49. The molecule has 0 saturated carbocycles. The third-order valence-electron chi connectivity index (χ3n) is 2.65. The molecule has 0 aliphatic carbocycles. The van der Waals surface area contributed by atoms with Crippen molar-refractivity contribution in [1.82, 2.24) is 9.78 Å². The van der Waals surface area contributed by atoms with Gasteiger partial charge in [0.1, 0.15) is 11.6 Å². The normalized spacial score (nSPS) is 11.8. The first-order valence-electron chi connectivity index (χ1n) is 5.60. The second-order valence-electron chi connectivity index (χ2n) is 5.21. The van der Waals surface area contributed by atoms with Crippen LogP contribution in [0.15, 0.2) is 24.3 Å². The third kappa shape index (κ3) is 2.34. The van der Waals surface area contributed by atoms with Gasteiger partial charge >= 0.3 is 0 Å². The molecule has 0 bridgehead atoms. The van der Waals surface area contributed by atoms with Crippen LogP contribution in [0.3, 0.4) is 0 Å². The molecule has 1 heterocycles. The van der Waals surface area contributed by atoms with Crippen LogP contribution in [-0.2, 0) is 5.41 Å². The molecule has 0 radical (unpaired) electrons. The summed E-state index contributed by atoms with van der Waals surface area (Å²) < 4.78 is 14.7. The summed E-state index contributed by atoms with van der Waals surface area (Å²) in [6.07, 6.45) is 0. The largest absolute Gasteiger partial charge is 0.384 e. The number of aromatic nitrogens is 2. The van der Waals surface area contributed by atoms with Crippen molar-refractivity contribution in [2.45, 2.75) is 26.2 Å².